The van der Waals surface area contributed by atoms with E-state index in [1.807, 2.05) is 0 Å². The van der Waals surface area contributed by atoms with Gasteiger partial charge in [-0.1, -0.05) is 22.9 Å². The molecule has 1 aromatic carbocycles. The second-order valence-corrected chi connectivity index (χ2v) is 5.47. The van der Waals surface area contributed by atoms with Gasteiger partial charge in [-0.25, -0.2) is 0 Å². The molecule has 0 aromatic heterocycles. The van der Waals surface area contributed by atoms with Gasteiger partial charge in [-0.15, -0.1) is 0 Å². The van der Waals surface area contributed by atoms with Crippen molar-refractivity contribution in [1.82, 2.24) is 5.32 Å². The third-order valence-corrected chi connectivity index (χ3v) is 3.75. The minimum atomic E-state index is 0.342. The van der Waals surface area contributed by atoms with E-state index in [4.69, 9.17) is 4.74 Å². The summed E-state index contributed by atoms with van der Waals surface area (Å²) in [5.41, 5.74) is 2.62. The molecule has 0 aliphatic rings. The fraction of sp³-hybridized carbons (Fsp3) is 0.600. The van der Waals surface area contributed by atoms with E-state index in [0.717, 1.165) is 30.7 Å². The molecular formula is C15H25BrN2O. The highest BCUT2D eigenvalue weighted by Crippen LogP contribution is 2.29. The topological polar surface area (TPSA) is 24.5 Å². The maximum absolute atomic E-state index is 5.20. The van der Waals surface area contributed by atoms with E-state index in [1.54, 1.807) is 7.11 Å². The van der Waals surface area contributed by atoms with E-state index in [-0.39, 0.29) is 0 Å². The van der Waals surface area contributed by atoms with Gasteiger partial charge in [-0.2, -0.15) is 0 Å². The van der Waals surface area contributed by atoms with Gasteiger partial charge in [0.15, 0.2) is 0 Å². The number of anilines is 1. The Balaban J connectivity index is 3.02. The molecular weight excluding hydrogens is 304 g/mol. The summed E-state index contributed by atoms with van der Waals surface area (Å²) in [4.78, 5) is 2.36. The minimum absolute atomic E-state index is 0.342. The van der Waals surface area contributed by atoms with E-state index in [1.165, 1.54) is 11.3 Å². The Bertz CT molecular complexity index is 384. The van der Waals surface area contributed by atoms with Crippen LogP contribution in [-0.4, -0.2) is 33.4 Å². The summed E-state index contributed by atoms with van der Waals surface area (Å²) >= 11 is 3.57. The second kappa shape index (κ2) is 8.56. The van der Waals surface area contributed by atoms with Gasteiger partial charge in [0, 0.05) is 36.4 Å². The highest BCUT2D eigenvalue weighted by Gasteiger charge is 2.14. The smallest absolute Gasteiger partial charge is 0.0637 e. The average molecular weight is 329 g/mol. The van der Waals surface area contributed by atoms with Crippen LogP contribution in [0, 0.1) is 0 Å². The first kappa shape index (κ1) is 16.5. The molecule has 0 spiro atoms. The molecule has 1 rings (SSSR count). The monoisotopic (exact) mass is 328 g/mol. The number of ether oxygens (including phenoxy) is 1. The van der Waals surface area contributed by atoms with Gasteiger partial charge >= 0.3 is 0 Å². The van der Waals surface area contributed by atoms with Crippen molar-refractivity contribution < 1.29 is 4.74 Å². The number of nitrogens with one attached hydrogen (secondary N) is 1. The van der Waals surface area contributed by atoms with Crippen LogP contribution in [0.2, 0.25) is 0 Å². The molecule has 1 N–H and O–H groups in total. The summed E-state index contributed by atoms with van der Waals surface area (Å²) in [5.74, 6) is 0. The lowest BCUT2D eigenvalue weighted by Crippen LogP contribution is -2.29. The fourth-order valence-corrected chi connectivity index (χ4v) is 2.61. The van der Waals surface area contributed by atoms with Crippen molar-refractivity contribution in [1.29, 1.82) is 0 Å². The van der Waals surface area contributed by atoms with E-state index < -0.39 is 0 Å². The third kappa shape index (κ3) is 4.79. The molecule has 19 heavy (non-hydrogen) atoms. The lowest BCUT2D eigenvalue weighted by molar-refractivity contribution is 0.205. The fourth-order valence-electron chi connectivity index (χ4n) is 2.23. The molecule has 4 heteroatoms. The van der Waals surface area contributed by atoms with Gasteiger partial charge in [-0.05, 0) is 44.2 Å². The van der Waals surface area contributed by atoms with Gasteiger partial charge in [0.1, 0.15) is 0 Å². The van der Waals surface area contributed by atoms with Gasteiger partial charge < -0.3 is 15.0 Å². The second-order valence-electron chi connectivity index (χ2n) is 4.55. The van der Waals surface area contributed by atoms with Crippen LogP contribution in [0.4, 0.5) is 5.69 Å². The Morgan fingerprint density at radius 1 is 1.37 bits per heavy atom. The Morgan fingerprint density at radius 2 is 2.11 bits per heavy atom. The van der Waals surface area contributed by atoms with Crippen molar-refractivity contribution in [3.63, 3.8) is 0 Å². The van der Waals surface area contributed by atoms with Crippen LogP contribution < -0.4 is 10.2 Å². The van der Waals surface area contributed by atoms with E-state index in [0.29, 0.717) is 6.04 Å². The highest BCUT2D eigenvalue weighted by molar-refractivity contribution is 9.10. The molecule has 0 aliphatic heterocycles. The average Bonchev–Trinajstić information content (AvgIpc) is 2.41. The van der Waals surface area contributed by atoms with E-state index in [9.17, 15) is 0 Å². The van der Waals surface area contributed by atoms with Crippen LogP contribution in [0.5, 0.6) is 0 Å². The Labute approximate surface area is 125 Å². The number of hydrogen-bond acceptors (Lipinski definition) is 3. The largest absolute Gasteiger partial charge is 0.383 e. The molecule has 0 radical (unpaired) electrons. The quantitative estimate of drug-likeness (QED) is 0.789. The molecule has 0 aliphatic carbocycles. The van der Waals surface area contributed by atoms with Crippen LogP contribution in [0.3, 0.4) is 0 Å². The molecule has 108 valence electrons. The Morgan fingerprint density at radius 3 is 2.68 bits per heavy atom. The number of hydrogen-bond donors (Lipinski definition) is 1. The summed E-state index contributed by atoms with van der Waals surface area (Å²) in [7, 11) is 1.75. The molecule has 1 unspecified atom stereocenters. The van der Waals surface area contributed by atoms with E-state index >= 15 is 0 Å². The number of nitrogens with zero attached hydrogens (tertiary/aromatic N) is 1. The molecule has 1 aromatic rings. The molecule has 0 fully saturated rings. The third-order valence-electron chi connectivity index (χ3n) is 3.25. The van der Waals surface area contributed by atoms with Gasteiger partial charge in [0.25, 0.3) is 0 Å². The molecule has 0 saturated carbocycles. The first-order valence-corrected chi connectivity index (χ1v) is 7.70. The Hall–Kier alpha value is -0.580. The summed E-state index contributed by atoms with van der Waals surface area (Å²) in [5, 5.41) is 3.49. The zero-order valence-corrected chi connectivity index (χ0v) is 14.0. The molecule has 0 saturated heterocycles. The molecule has 0 heterocycles. The van der Waals surface area contributed by atoms with Crippen molar-refractivity contribution in [2.24, 2.45) is 0 Å². The number of halogens is 1. The lowest BCUT2D eigenvalue weighted by Gasteiger charge is -2.28. The van der Waals surface area contributed by atoms with Gasteiger partial charge in [0.05, 0.1) is 6.61 Å². The first-order chi connectivity index (χ1) is 9.13. The number of benzene rings is 1. The highest BCUT2D eigenvalue weighted by atomic mass is 79.9. The minimum Gasteiger partial charge on any atom is -0.383 e. The maximum atomic E-state index is 5.20. The first-order valence-electron chi connectivity index (χ1n) is 6.90. The standard InChI is InChI=1S/C15H25BrN2O/c1-5-17-12(3)14-11-13(16)7-8-15(14)18(6-2)9-10-19-4/h7-8,11-12,17H,5-6,9-10H2,1-4H3. The van der Waals surface area contributed by atoms with Crippen LogP contribution in [0.25, 0.3) is 0 Å². The molecule has 0 amide bonds. The van der Waals surface area contributed by atoms with Crippen LogP contribution >= 0.6 is 15.9 Å². The van der Waals surface area contributed by atoms with Crippen molar-refractivity contribution in [2.45, 2.75) is 26.8 Å². The SMILES string of the molecule is CCNC(C)c1cc(Br)ccc1N(CC)CCOC. The number of methoxy groups -OCH3 is 1. The van der Waals surface area contributed by atoms with Crippen molar-refractivity contribution in [2.75, 3.05) is 38.3 Å². The van der Waals surface area contributed by atoms with Gasteiger partial charge in [0.2, 0.25) is 0 Å². The summed E-state index contributed by atoms with van der Waals surface area (Å²) < 4.78 is 6.32. The zero-order valence-electron chi connectivity index (χ0n) is 12.4. The summed E-state index contributed by atoms with van der Waals surface area (Å²) in [6.07, 6.45) is 0. The van der Waals surface area contributed by atoms with Crippen LogP contribution in [-0.2, 0) is 4.74 Å². The van der Waals surface area contributed by atoms with Gasteiger partial charge in [-0.3, -0.25) is 0 Å². The van der Waals surface area contributed by atoms with Crippen LogP contribution in [0.15, 0.2) is 22.7 Å². The lowest BCUT2D eigenvalue weighted by atomic mass is 10.0. The number of likely N-dealkylation sites (N-methyl/N-ethyl adjacent to an activating group) is 1. The normalized spacial score (nSPS) is 12.5. The van der Waals surface area contributed by atoms with Crippen LogP contribution in [0.1, 0.15) is 32.4 Å². The van der Waals surface area contributed by atoms with E-state index in [2.05, 4.69) is 65.1 Å². The summed E-state index contributed by atoms with van der Waals surface area (Å²) in [6, 6.07) is 6.84. The zero-order chi connectivity index (χ0) is 14.3. The van der Waals surface area contributed by atoms with Crippen molar-refractivity contribution in [3.05, 3.63) is 28.2 Å². The summed E-state index contributed by atoms with van der Waals surface area (Å²) in [6.45, 7) is 10.1. The predicted molar refractivity (Wildman–Crippen MR) is 86.0 cm³/mol. The molecule has 0 bridgehead atoms. The number of rotatable bonds is 8. The van der Waals surface area contributed by atoms with Crippen molar-refractivity contribution >= 4 is 21.6 Å². The maximum Gasteiger partial charge on any atom is 0.0637 e. The molecule has 1 atom stereocenters. The van der Waals surface area contributed by atoms with Crippen molar-refractivity contribution in [3.8, 4) is 0 Å². The Kier molecular flexibility index (Phi) is 7.42. The molecule has 3 nitrogen and oxygen atoms in total. The predicted octanol–water partition coefficient (Wildman–Crippen LogP) is 3.59.